The molecule has 0 aromatic heterocycles. The zero-order valence-corrected chi connectivity index (χ0v) is 7.62. The summed E-state index contributed by atoms with van der Waals surface area (Å²) in [6.45, 7) is 0. The molecule has 1 aromatic carbocycles. The van der Waals surface area contributed by atoms with Crippen LogP contribution in [0.3, 0.4) is 0 Å². The molecule has 1 N–H and O–H groups in total. The zero-order valence-electron chi connectivity index (χ0n) is 6.87. The van der Waals surface area contributed by atoms with Crippen LogP contribution in [0.15, 0.2) is 18.2 Å². The normalized spacial score (nSPS) is 11.8. The topological polar surface area (TPSA) is 61.1 Å². The zero-order chi connectivity index (χ0) is 10.7. The van der Waals surface area contributed by atoms with E-state index in [0.717, 1.165) is 12.1 Å². The van der Waals surface area contributed by atoms with Gasteiger partial charge in [-0.25, -0.2) is 4.39 Å². The molecule has 0 aliphatic heterocycles. The Balaban J connectivity index is 3.14. The quantitative estimate of drug-likeness (QED) is 0.819. The maximum absolute atomic E-state index is 12.7. The van der Waals surface area contributed by atoms with Gasteiger partial charge in [0, 0.05) is 0 Å². The molecule has 0 aliphatic carbocycles. The minimum Gasteiger partial charge on any atom is -0.480 e. The highest BCUT2D eigenvalue weighted by molar-refractivity contribution is 6.30. The largest absolute Gasteiger partial charge is 0.480 e. The van der Waals surface area contributed by atoms with Gasteiger partial charge in [-0.15, -0.1) is 0 Å². The first kappa shape index (κ1) is 10.5. The van der Waals surface area contributed by atoms with E-state index in [0.29, 0.717) is 0 Å². The van der Waals surface area contributed by atoms with Gasteiger partial charge in [0.05, 0.1) is 11.1 Å². The van der Waals surface area contributed by atoms with Gasteiger partial charge in [-0.3, -0.25) is 4.79 Å². The Bertz CT molecular complexity index is 414. The molecule has 0 fully saturated rings. The summed E-state index contributed by atoms with van der Waals surface area (Å²) in [7, 11) is 0. The molecule has 72 valence electrons. The van der Waals surface area contributed by atoms with Crippen molar-refractivity contribution in [1.82, 2.24) is 0 Å². The van der Waals surface area contributed by atoms with Crippen LogP contribution in [0.1, 0.15) is 11.5 Å². The number of benzene rings is 1. The molecule has 5 heteroatoms. The van der Waals surface area contributed by atoms with Crippen molar-refractivity contribution in [2.45, 2.75) is 5.92 Å². The Morgan fingerprint density at radius 3 is 2.71 bits per heavy atom. The number of nitriles is 1. The maximum Gasteiger partial charge on any atom is 0.325 e. The summed E-state index contributed by atoms with van der Waals surface area (Å²) in [4.78, 5) is 10.6. The third-order valence-corrected chi connectivity index (χ3v) is 1.94. The van der Waals surface area contributed by atoms with E-state index in [9.17, 15) is 9.18 Å². The predicted molar refractivity (Wildman–Crippen MR) is 47.4 cm³/mol. The number of aliphatic carboxylic acids is 1. The highest BCUT2D eigenvalue weighted by atomic mass is 35.5. The molecule has 3 nitrogen and oxygen atoms in total. The molecule has 0 radical (unpaired) electrons. The van der Waals surface area contributed by atoms with Gasteiger partial charge in [-0.2, -0.15) is 5.26 Å². The lowest BCUT2D eigenvalue weighted by Crippen LogP contribution is -2.09. The van der Waals surface area contributed by atoms with E-state index in [1.165, 1.54) is 6.07 Å². The van der Waals surface area contributed by atoms with Gasteiger partial charge in [0.1, 0.15) is 5.82 Å². The standard InChI is InChI=1S/C9H5ClFNO2/c10-7-3-5(1-2-8(7)11)6(4-12)9(13)14/h1-3,6H,(H,13,14). The summed E-state index contributed by atoms with van der Waals surface area (Å²) in [6, 6.07) is 4.98. The summed E-state index contributed by atoms with van der Waals surface area (Å²) in [5.74, 6) is -3.24. The fraction of sp³-hybridized carbons (Fsp3) is 0.111. The van der Waals surface area contributed by atoms with E-state index in [4.69, 9.17) is 22.0 Å². The van der Waals surface area contributed by atoms with Gasteiger partial charge in [-0.1, -0.05) is 17.7 Å². The predicted octanol–water partition coefficient (Wildman–Crippen LogP) is 2.17. The van der Waals surface area contributed by atoms with Crippen molar-refractivity contribution in [3.63, 3.8) is 0 Å². The fourth-order valence-corrected chi connectivity index (χ4v) is 1.15. The number of carboxylic acid groups (broad SMARTS) is 1. The Hall–Kier alpha value is -1.60. The van der Waals surface area contributed by atoms with Crippen LogP contribution in [-0.4, -0.2) is 11.1 Å². The number of carbonyl (C=O) groups is 1. The van der Waals surface area contributed by atoms with Gasteiger partial charge in [0.25, 0.3) is 0 Å². The molecule has 0 spiro atoms. The van der Waals surface area contributed by atoms with Gasteiger partial charge in [-0.05, 0) is 17.7 Å². The molecule has 1 atom stereocenters. The van der Waals surface area contributed by atoms with Crippen molar-refractivity contribution < 1.29 is 14.3 Å². The first-order valence-electron chi connectivity index (χ1n) is 3.63. The molecule has 1 aromatic rings. The third kappa shape index (κ3) is 2.01. The Morgan fingerprint density at radius 1 is 1.64 bits per heavy atom. The molecule has 1 rings (SSSR count). The van der Waals surface area contributed by atoms with Crippen LogP contribution in [0.5, 0.6) is 0 Å². The molecule has 1 unspecified atom stereocenters. The summed E-state index contributed by atoms with van der Waals surface area (Å²) in [5.41, 5.74) is 0.173. The van der Waals surface area contributed by atoms with Crippen LogP contribution in [0.2, 0.25) is 5.02 Å². The lowest BCUT2D eigenvalue weighted by molar-refractivity contribution is -0.137. The Kier molecular flexibility index (Phi) is 3.05. The van der Waals surface area contributed by atoms with E-state index in [1.807, 2.05) is 0 Å². The van der Waals surface area contributed by atoms with Crippen LogP contribution >= 0.6 is 11.6 Å². The van der Waals surface area contributed by atoms with Crippen molar-refractivity contribution in [2.24, 2.45) is 0 Å². The van der Waals surface area contributed by atoms with E-state index in [-0.39, 0.29) is 10.6 Å². The van der Waals surface area contributed by atoms with Gasteiger partial charge >= 0.3 is 5.97 Å². The summed E-state index contributed by atoms with van der Waals surface area (Å²) in [5, 5.41) is 17.0. The van der Waals surface area contributed by atoms with Crippen molar-refractivity contribution in [3.8, 4) is 6.07 Å². The first-order chi connectivity index (χ1) is 6.56. The van der Waals surface area contributed by atoms with Crippen molar-refractivity contribution >= 4 is 17.6 Å². The van der Waals surface area contributed by atoms with Gasteiger partial charge in [0.15, 0.2) is 5.92 Å². The van der Waals surface area contributed by atoms with Gasteiger partial charge < -0.3 is 5.11 Å². The number of carboxylic acids is 1. The molecule has 0 bridgehead atoms. The van der Waals surface area contributed by atoms with Crippen LogP contribution < -0.4 is 0 Å². The summed E-state index contributed by atoms with van der Waals surface area (Å²) in [6.07, 6.45) is 0. The molecule has 0 saturated heterocycles. The third-order valence-electron chi connectivity index (χ3n) is 1.65. The Labute approximate surface area is 84.3 Å². The van der Waals surface area contributed by atoms with E-state index in [1.54, 1.807) is 6.07 Å². The summed E-state index contributed by atoms with van der Waals surface area (Å²) >= 11 is 5.44. The molecule has 0 amide bonds. The number of hydrogen-bond donors (Lipinski definition) is 1. The molecule has 0 aliphatic rings. The number of halogens is 2. The molecule has 0 saturated carbocycles. The number of hydrogen-bond acceptors (Lipinski definition) is 2. The molecular formula is C9H5ClFNO2. The summed E-state index contributed by atoms with van der Waals surface area (Å²) < 4.78 is 12.7. The minimum atomic E-state index is -1.31. The number of rotatable bonds is 2. The average Bonchev–Trinajstić information content (AvgIpc) is 2.11. The second-order valence-corrected chi connectivity index (χ2v) is 2.98. The van der Waals surface area contributed by atoms with Gasteiger partial charge in [0.2, 0.25) is 0 Å². The van der Waals surface area contributed by atoms with Crippen molar-refractivity contribution in [2.75, 3.05) is 0 Å². The highest BCUT2D eigenvalue weighted by Crippen LogP contribution is 2.22. The number of nitrogens with zero attached hydrogens (tertiary/aromatic N) is 1. The monoisotopic (exact) mass is 213 g/mol. The molecule has 14 heavy (non-hydrogen) atoms. The SMILES string of the molecule is N#CC(C(=O)O)c1ccc(F)c(Cl)c1. The average molecular weight is 214 g/mol. The minimum absolute atomic E-state index is 0.173. The smallest absolute Gasteiger partial charge is 0.325 e. The molecular weight excluding hydrogens is 209 g/mol. The van der Waals surface area contributed by atoms with Crippen LogP contribution in [-0.2, 0) is 4.79 Å². The van der Waals surface area contributed by atoms with E-state index < -0.39 is 17.7 Å². The lowest BCUT2D eigenvalue weighted by Gasteiger charge is -2.04. The van der Waals surface area contributed by atoms with E-state index >= 15 is 0 Å². The fourth-order valence-electron chi connectivity index (χ4n) is 0.964. The van der Waals surface area contributed by atoms with Crippen molar-refractivity contribution in [3.05, 3.63) is 34.6 Å². The van der Waals surface area contributed by atoms with Crippen LogP contribution in [0.4, 0.5) is 4.39 Å². The maximum atomic E-state index is 12.7. The van der Waals surface area contributed by atoms with Crippen molar-refractivity contribution in [1.29, 1.82) is 5.26 Å². The second-order valence-electron chi connectivity index (χ2n) is 2.57. The van der Waals surface area contributed by atoms with Crippen LogP contribution in [0.25, 0.3) is 0 Å². The second kappa shape index (κ2) is 4.07. The lowest BCUT2D eigenvalue weighted by atomic mass is 10.0. The Morgan fingerprint density at radius 2 is 2.29 bits per heavy atom. The van der Waals surface area contributed by atoms with E-state index in [2.05, 4.69) is 0 Å². The van der Waals surface area contributed by atoms with Crippen LogP contribution in [0, 0.1) is 17.1 Å². The molecule has 0 heterocycles. The highest BCUT2D eigenvalue weighted by Gasteiger charge is 2.19. The first-order valence-corrected chi connectivity index (χ1v) is 4.01.